The summed E-state index contributed by atoms with van der Waals surface area (Å²) in [6, 6.07) is 18.4. The highest BCUT2D eigenvalue weighted by molar-refractivity contribution is 5.63. The molecule has 2 N–H and O–H groups in total. The summed E-state index contributed by atoms with van der Waals surface area (Å²) in [5, 5.41) is 4.69. The zero-order valence-corrected chi connectivity index (χ0v) is 11.5. The van der Waals surface area contributed by atoms with Crippen molar-refractivity contribution in [2.24, 2.45) is 5.73 Å². The van der Waals surface area contributed by atoms with Crippen LogP contribution in [0.1, 0.15) is 11.1 Å². The Kier molecular flexibility index (Phi) is 3.35. The summed E-state index contributed by atoms with van der Waals surface area (Å²) >= 11 is 0. The van der Waals surface area contributed by atoms with Crippen LogP contribution in [0, 0.1) is 6.92 Å². The van der Waals surface area contributed by atoms with Gasteiger partial charge in [0.25, 0.3) is 0 Å². The Morgan fingerprint density at radius 1 is 1.00 bits per heavy atom. The smallest absolute Gasteiger partial charge is 0.0972 e. The van der Waals surface area contributed by atoms with E-state index in [0.29, 0.717) is 6.54 Å². The summed E-state index contributed by atoms with van der Waals surface area (Å²) in [6.07, 6.45) is 2.01. The Labute approximate surface area is 118 Å². The lowest BCUT2D eigenvalue weighted by molar-refractivity contribution is 0.882. The Morgan fingerprint density at radius 2 is 1.70 bits per heavy atom. The molecule has 3 aromatic rings. The Morgan fingerprint density at radius 3 is 2.35 bits per heavy atom. The monoisotopic (exact) mass is 263 g/mol. The van der Waals surface area contributed by atoms with E-state index in [0.717, 1.165) is 22.5 Å². The van der Waals surface area contributed by atoms with Crippen LogP contribution in [0.3, 0.4) is 0 Å². The molecular formula is C17H17N3. The van der Waals surface area contributed by atoms with Crippen LogP contribution in [-0.4, -0.2) is 9.78 Å². The molecule has 3 heteroatoms. The lowest BCUT2D eigenvalue weighted by Crippen LogP contribution is -1.96. The van der Waals surface area contributed by atoms with Gasteiger partial charge in [-0.2, -0.15) is 5.10 Å². The SMILES string of the molecule is Cc1ccc(-n2cc(CN)c(-c3ccccc3)n2)cc1. The van der Waals surface area contributed by atoms with Gasteiger partial charge in [-0.05, 0) is 19.1 Å². The maximum Gasteiger partial charge on any atom is 0.0972 e. The van der Waals surface area contributed by atoms with Gasteiger partial charge in [0, 0.05) is 23.9 Å². The molecule has 0 unspecified atom stereocenters. The number of hydrogen-bond donors (Lipinski definition) is 1. The molecule has 0 amide bonds. The number of nitrogens with zero attached hydrogens (tertiary/aromatic N) is 2. The average Bonchev–Trinajstić information content (AvgIpc) is 2.93. The first-order valence-electron chi connectivity index (χ1n) is 6.69. The van der Waals surface area contributed by atoms with Crippen LogP contribution in [0.2, 0.25) is 0 Å². The van der Waals surface area contributed by atoms with Crippen molar-refractivity contribution in [1.29, 1.82) is 0 Å². The standard InChI is InChI=1S/C17H17N3/c1-13-7-9-16(10-8-13)20-12-15(11-18)17(19-20)14-5-3-2-4-6-14/h2-10,12H,11,18H2,1H3. The van der Waals surface area contributed by atoms with Crippen molar-refractivity contribution in [2.75, 3.05) is 0 Å². The molecule has 3 nitrogen and oxygen atoms in total. The van der Waals surface area contributed by atoms with Gasteiger partial charge in [0.05, 0.1) is 11.4 Å². The molecule has 0 aliphatic heterocycles. The van der Waals surface area contributed by atoms with Crippen molar-refractivity contribution in [3.05, 3.63) is 71.9 Å². The number of aryl methyl sites for hydroxylation is 1. The number of nitrogens with two attached hydrogens (primary N) is 1. The Bertz CT molecular complexity index is 697. The van der Waals surface area contributed by atoms with E-state index >= 15 is 0 Å². The lowest BCUT2D eigenvalue weighted by Gasteiger charge is -2.01. The quantitative estimate of drug-likeness (QED) is 0.788. The molecule has 0 bridgehead atoms. The fourth-order valence-electron chi connectivity index (χ4n) is 2.23. The molecule has 0 aliphatic carbocycles. The van der Waals surface area contributed by atoms with Gasteiger partial charge < -0.3 is 5.73 Å². The van der Waals surface area contributed by atoms with Crippen LogP contribution in [0.15, 0.2) is 60.8 Å². The first-order valence-corrected chi connectivity index (χ1v) is 6.69. The predicted octanol–water partition coefficient (Wildman–Crippen LogP) is 3.31. The summed E-state index contributed by atoms with van der Waals surface area (Å²) < 4.78 is 1.89. The molecule has 20 heavy (non-hydrogen) atoms. The molecule has 1 aromatic heterocycles. The molecule has 0 saturated carbocycles. The normalized spacial score (nSPS) is 10.7. The second-order valence-electron chi connectivity index (χ2n) is 4.85. The number of hydrogen-bond acceptors (Lipinski definition) is 2. The van der Waals surface area contributed by atoms with Crippen molar-refractivity contribution >= 4 is 0 Å². The van der Waals surface area contributed by atoms with E-state index in [2.05, 4.69) is 48.4 Å². The summed E-state index contributed by atoms with van der Waals surface area (Å²) in [7, 11) is 0. The van der Waals surface area contributed by atoms with E-state index in [1.165, 1.54) is 5.56 Å². The minimum absolute atomic E-state index is 0.482. The van der Waals surface area contributed by atoms with E-state index in [4.69, 9.17) is 5.73 Å². The third-order valence-electron chi connectivity index (χ3n) is 3.36. The fraction of sp³-hybridized carbons (Fsp3) is 0.118. The van der Waals surface area contributed by atoms with Crippen molar-refractivity contribution < 1.29 is 0 Å². The lowest BCUT2D eigenvalue weighted by atomic mass is 10.1. The minimum Gasteiger partial charge on any atom is -0.326 e. The number of rotatable bonds is 3. The van der Waals surface area contributed by atoms with Crippen LogP contribution < -0.4 is 5.73 Å². The van der Waals surface area contributed by atoms with Crippen molar-refractivity contribution in [2.45, 2.75) is 13.5 Å². The van der Waals surface area contributed by atoms with Gasteiger partial charge in [-0.3, -0.25) is 0 Å². The second-order valence-corrected chi connectivity index (χ2v) is 4.85. The van der Waals surface area contributed by atoms with Crippen LogP contribution in [-0.2, 0) is 6.54 Å². The van der Waals surface area contributed by atoms with Gasteiger partial charge in [-0.15, -0.1) is 0 Å². The topological polar surface area (TPSA) is 43.8 Å². The fourth-order valence-corrected chi connectivity index (χ4v) is 2.23. The highest BCUT2D eigenvalue weighted by atomic mass is 15.3. The van der Waals surface area contributed by atoms with E-state index in [9.17, 15) is 0 Å². The zero-order chi connectivity index (χ0) is 13.9. The van der Waals surface area contributed by atoms with Crippen LogP contribution in [0.4, 0.5) is 0 Å². The summed E-state index contributed by atoms with van der Waals surface area (Å²) in [5.41, 5.74) is 11.2. The third-order valence-corrected chi connectivity index (χ3v) is 3.36. The molecular weight excluding hydrogens is 246 g/mol. The molecule has 0 atom stereocenters. The Balaban J connectivity index is 2.07. The summed E-state index contributed by atoms with van der Waals surface area (Å²) in [4.78, 5) is 0. The first-order chi connectivity index (χ1) is 9.78. The first kappa shape index (κ1) is 12.6. The molecule has 100 valence electrons. The average molecular weight is 263 g/mol. The van der Waals surface area contributed by atoms with Gasteiger partial charge in [0.2, 0.25) is 0 Å². The van der Waals surface area contributed by atoms with Gasteiger partial charge in [-0.1, -0.05) is 48.0 Å². The molecule has 0 aliphatic rings. The number of aromatic nitrogens is 2. The van der Waals surface area contributed by atoms with Gasteiger partial charge in [0.1, 0.15) is 0 Å². The molecule has 1 heterocycles. The molecule has 0 spiro atoms. The van der Waals surface area contributed by atoms with E-state index in [-0.39, 0.29) is 0 Å². The van der Waals surface area contributed by atoms with Crippen molar-refractivity contribution in [3.8, 4) is 16.9 Å². The summed E-state index contributed by atoms with van der Waals surface area (Å²) in [5.74, 6) is 0. The maximum atomic E-state index is 5.85. The van der Waals surface area contributed by atoms with E-state index in [1.807, 2.05) is 29.1 Å². The van der Waals surface area contributed by atoms with E-state index < -0.39 is 0 Å². The third kappa shape index (κ3) is 2.36. The number of benzene rings is 2. The maximum absolute atomic E-state index is 5.85. The van der Waals surface area contributed by atoms with Crippen LogP contribution in [0.5, 0.6) is 0 Å². The van der Waals surface area contributed by atoms with Crippen molar-refractivity contribution in [3.63, 3.8) is 0 Å². The predicted molar refractivity (Wildman–Crippen MR) is 81.6 cm³/mol. The molecule has 3 rings (SSSR count). The second kappa shape index (κ2) is 5.31. The van der Waals surface area contributed by atoms with Crippen molar-refractivity contribution in [1.82, 2.24) is 9.78 Å². The minimum atomic E-state index is 0.482. The van der Waals surface area contributed by atoms with Crippen LogP contribution >= 0.6 is 0 Å². The molecule has 0 fully saturated rings. The van der Waals surface area contributed by atoms with Gasteiger partial charge in [-0.25, -0.2) is 4.68 Å². The molecule has 0 radical (unpaired) electrons. The van der Waals surface area contributed by atoms with E-state index in [1.54, 1.807) is 0 Å². The zero-order valence-electron chi connectivity index (χ0n) is 11.5. The van der Waals surface area contributed by atoms with Gasteiger partial charge in [0.15, 0.2) is 0 Å². The van der Waals surface area contributed by atoms with Crippen LogP contribution in [0.25, 0.3) is 16.9 Å². The van der Waals surface area contributed by atoms with Gasteiger partial charge >= 0.3 is 0 Å². The summed E-state index contributed by atoms with van der Waals surface area (Å²) in [6.45, 7) is 2.56. The molecule has 2 aromatic carbocycles. The molecule has 0 saturated heterocycles. The Hall–Kier alpha value is -2.39. The highest BCUT2D eigenvalue weighted by Crippen LogP contribution is 2.23. The largest absolute Gasteiger partial charge is 0.326 e. The highest BCUT2D eigenvalue weighted by Gasteiger charge is 2.10.